The third-order valence-electron chi connectivity index (χ3n) is 3.51. The SMILES string of the molecule is CCOCCCCC(CNCC(C)C)c1ccccc1. The average Bonchev–Trinajstić information content (AvgIpc) is 2.46. The van der Waals surface area contributed by atoms with Gasteiger partial charge in [-0.3, -0.25) is 0 Å². The Hall–Kier alpha value is -0.860. The summed E-state index contributed by atoms with van der Waals surface area (Å²) in [6.07, 6.45) is 3.65. The molecule has 0 fully saturated rings. The van der Waals surface area contributed by atoms with E-state index in [1.165, 1.54) is 24.8 Å². The molecule has 2 heteroatoms. The molecule has 0 radical (unpaired) electrons. The second-order valence-corrected chi connectivity index (χ2v) is 5.85. The number of unbranched alkanes of at least 4 members (excludes halogenated alkanes) is 1. The predicted octanol–water partition coefficient (Wildman–Crippen LogP) is 4.22. The van der Waals surface area contributed by atoms with Gasteiger partial charge in [-0.25, -0.2) is 0 Å². The molecule has 0 heterocycles. The first-order valence-electron chi connectivity index (χ1n) is 8.07. The van der Waals surface area contributed by atoms with E-state index in [2.05, 4.69) is 56.4 Å². The number of nitrogens with one attached hydrogen (secondary N) is 1. The minimum absolute atomic E-state index is 0.622. The van der Waals surface area contributed by atoms with Gasteiger partial charge in [-0.05, 0) is 43.7 Å². The summed E-state index contributed by atoms with van der Waals surface area (Å²) in [5.41, 5.74) is 1.46. The summed E-state index contributed by atoms with van der Waals surface area (Å²) in [5.74, 6) is 1.33. The lowest BCUT2D eigenvalue weighted by Crippen LogP contribution is -2.25. The van der Waals surface area contributed by atoms with Gasteiger partial charge in [-0.2, -0.15) is 0 Å². The lowest BCUT2D eigenvalue weighted by molar-refractivity contribution is 0.142. The van der Waals surface area contributed by atoms with Crippen LogP contribution >= 0.6 is 0 Å². The fourth-order valence-electron chi connectivity index (χ4n) is 2.40. The van der Waals surface area contributed by atoms with Crippen molar-refractivity contribution in [1.82, 2.24) is 5.32 Å². The molecule has 114 valence electrons. The number of rotatable bonds is 11. The average molecular weight is 277 g/mol. The van der Waals surface area contributed by atoms with Crippen molar-refractivity contribution in [1.29, 1.82) is 0 Å². The molecule has 0 saturated carbocycles. The molecule has 1 aromatic carbocycles. The molecular weight excluding hydrogens is 246 g/mol. The highest BCUT2D eigenvalue weighted by molar-refractivity contribution is 5.19. The molecule has 0 aliphatic heterocycles. The van der Waals surface area contributed by atoms with Crippen molar-refractivity contribution in [2.24, 2.45) is 5.92 Å². The molecule has 1 unspecified atom stereocenters. The smallest absolute Gasteiger partial charge is 0.0465 e. The van der Waals surface area contributed by atoms with Gasteiger partial charge in [-0.15, -0.1) is 0 Å². The summed E-state index contributed by atoms with van der Waals surface area (Å²) < 4.78 is 5.42. The summed E-state index contributed by atoms with van der Waals surface area (Å²) >= 11 is 0. The van der Waals surface area contributed by atoms with E-state index in [-0.39, 0.29) is 0 Å². The lowest BCUT2D eigenvalue weighted by atomic mass is 9.93. The molecule has 1 N–H and O–H groups in total. The van der Waals surface area contributed by atoms with E-state index >= 15 is 0 Å². The van der Waals surface area contributed by atoms with Crippen molar-refractivity contribution in [3.05, 3.63) is 35.9 Å². The Morgan fingerprint density at radius 3 is 2.45 bits per heavy atom. The highest BCUT2D eigenvalue weighted by Crippen LogP contribution is 2.21. The first-order valence-corrected chi connectivity index (χ1v) is 8.07. The Balaban J connectivity index is 2.39. The molecule has 0 aliphatic rings. The van der Waals surface area contributed by atoms with Crippen molar-refractivity contribution in [2.45, 2.75) is 46.0 Å². The molecule has 0 amide bonds. The van der Waals surface area contributed by atoms with Gasteiger partial charge >= 0.3 is 0 Å². The van der Waals surface area contributed by atoms with Crippen LogP contribution in [0, 0.1) is 5.92 Å². The van der Waals surface area contributed by atoms with Crippen LogP contribution in [0.4, 0.5) is 0 Å². The first-order chi connectivity index (χ1) is 9.74. The van der Waals surface area contributed by atoms with E-state index in [1.807, 2.05) is 0 Å². The molecule has 0 saturated heterocycles. The topological polar surface area (TPSA) is 21.3 Å². The van der Waals surface area contributed by atoms with Gasteiger partial charge in [0.1, 0.15) is 0 Å². The van der Waals surface area contributed by atoms with Crippen LogP contribution in [0.5, 0.6) is 0 Å². The Labute approximate surface area is 124 Å². The van der Waals surface area contributed by atoms with Gasteiger partial charge < -0.3 is 10.1 Å². The fourth-order valence-corrected chi connectivity index (χ4v) is 2.40. The van der Waals surface area contributed by atoms with Crippen LogP contribution in [-0.2, 0) is 4.74 Å². The maximum atomic E-state index is 5.42. The second-order valence-electron chi connectivity index (χ2n) is 5.85. The van der Waals surface area contributed by atoms with Crippen LogP contribution in [0.1, 0.15) is 51.5 Å². The van der Waals surface area contributed by atoms with E-state index in [0.717, 1.165) is 26.3 Å². The Morgan fingerprint density at radius 1 is 1.05 bits per heavy atom. The van der Waals surface area contributed by atoms with E-state index in [1.54, 1.807) is 0 Å². The normalized spacial score (nSPS) is 12.8. The number of ether oxygens (including phenoxy) is 1. The van der Waals surface area contributed by atoms with Crippen LogP contribution in [0.3, 0.4) is 0 Å². The maximum absolute atomic E-state index is 5.42. The first kappa shape index (κ1) is 17.2. The number of benzene rings is 1. The zero-order valence-electron chi connectivity index (χ0n) is 13.4. The van der Waals surface area contributed by atoms with Gasteiger partial charge in [-0.1, -0.05) is 50.6 Å². The molecule has 1 atom stereocenters. The van der Waals surface area contributed by atoms with E-state index in [4.69, 9.17) is 4.74 Å². The van der Waals surface area contributed by atoms with Gasteiger partial charge in [0, 0.05) is 19.8 Å². The standard InChI is InChI=1S/C18H31NO/c1-4-20-13-9-8-12-18(15-19-14-16(2)3)17-10-6-5-7-11-17/h5-7,10-11,16,18-19H,4,8-9,12-15H2,1-3H3. The minimum atomic E-state index is 0.622. The van der Waals surface area contributed by atoms with Crippen LogP contribution in [0.25, 0.3) is 0 Å². The van der Waals surface area contributed by atoms with Crippen molar-refractivity contribution in [3.63, 3.8) is 0 Å². The molecule has 0 spiro atoms. The molecule has 20 heavy (non-hydrogen) atoms. The maximum Gasteiger partial charge on any atom is 0.0465 e. The highest BCUT2D eigenvalue weighted by atomic mass is 16.5. The molecule has 0 aromatic heterocycles. The largest absolute Gasteiger partial charge is 0.382 e. The molecule has 0 bridgehead atoms. The fraction of sp³-hybridized carbons (Fsp3) is 0.667. The minimum Gasteiger partial charge on any atom is -0.382 e. The van der Waals surface area contributed by atoms with Gasteiger partial charge in [0.2, 0.25) is 0 Å². The second kappa shape index (κ2) is 10.9. The summed E-state index contributed by atoms with van der Waals surface area (Å²) in [6, 6.07) is 10.9. The molecule has 2 nitrogen and oxygen atoms in total. The zero-order chi connectivity index (χ0) is 14.6. The summed E-state index contributed by atoms with van der Waals surface area (Å²) in [7, 11) is 0. The monoisotopic (exact) mass is 277 g/mol. The summed E-state index contributed by atoms with van der Waals surface area (Å²) in [6.45, 7) is 10.5. The van der Waals surface area contributed by atoms with Gasteiger partial charge in [0.25, 0.3) is 0 Å². The van der Waals surface area contributed by atoms with Crippen molar-refractivity contribution in [3.8, 4) is 0 Å². The van der Waals surface area contributed by atoms with Crippen LogP contribution < -0.4 is 5.32 Å². The van der Waals surface area contributed by atoms with Gasteiger partial charge in [0.15, 0.2) is 0 Å². The van der Waals surface area contributed by atoms with E-state index < -0.39 is 0 Å². The number of hydrogen-bond acceptors (Lipinski definition) is 2. The highest BCUT2D eigenvalue weighted by Gasteiger charge is 2.10. The molecule has 0 aliphatic carbocycles. The van der Waals surface area contributed by atoms with Crippen LogP contribution in [-0.4, -0.2) is 26.3 Å². The van der Waals surface area contributed by atoms with Gasteiger partial charge in [0.05, 0.1) is 0 Å². The Bertz CT molecular complexity index is 323. The van der Waals surface area contributed by atoms with Crippen molar-refractivity contribution < 1.29 is 4.74 Å². The van der Waals surface area contributed by atoms with E-state index in [9.17, 15) is 0 Å². The quantitative estimate of drug-likeness (QED) is 0.611. The zero-order valence-corrected chi connectivity index (χ0v) is 13.4. The lowest BCUT2D eigenvalue weighted by Gasteiger charge is -2.19. The van der Waals surface area contributed by atoms with E-state index in [0.29, 0.717) is 11.8 Å². The molecular formula is C18H31NO. The number of hydrogen-bond donors (Lipinski definition) is 1. The third-order valence-corrected chi connectivity index (χ3v) is 3.51. The van der Waals surface area contributed by atoms with Crippen molar-refractivity contribution in [2.75, 3.05) is 26.3 Å². The predicted molar refractivity (Wildman–Crippen MR) is 87.2 cm³/mol. The molecule has 1 rings (SSSR count). The van der Waals surface area contributed by atoms with Crippen molar-refractivity contribution >= 4 is 0 Å². The Kier molecular flexibility index (Phi) is 9.35. The summed E-state index contributed by atoms with van der Waals surface area (Å²) in [5, 5.41) is 3.60. The third kappa shape index (κ3) is 7.66. The van der Waals surface area contributed by atoms with Crippen LogP contribution in [0.2, 0.25) is 0 Å². The molecule has 1 aromatic rings. The summed E-state index contributed by atoms with van der Waals surface area (Å²) in [4.78, 5) is 0. The van der Waals surface area contributed by atoms with Crippen LogP contribution in [0.15, 0.2) is 30.3 Å². The Morgan fingerprint density at radius 2 is 1.80 bits per heavy atom.